The Morgan fingerprint density at radius 3 is 2.88 bits per heavy atom. The molecule has 1 aromatic carbocycles. The van der Waals surface area contributed by atoms with Gasteiger partial charge in [0.25, 0.3) is 0 Å². The summed E-state index contributed by atoms with van der Waals surface area (Å²) in [7, 11) is 1.72. The molecule has 0 radical (unpaired) electrons. The summed E-state index contributed by atoms with van der Waals surface area (Å²) in [5, 5.41) is 9.37. The highest BCUT2D eigenvalue weighted by Gasteiger charge is 2.29. The molecule has 1 aliphatic rings. The molecule has 0 bridgehead atoms. The number of guanidine groups is 1. The Labute approximate surface area is 157 Å². The van der Waals surface area contributed by atoms with Crippen molar-refractivity contribution in [2.45, 2.75) is 38.7 Å². The molecule has 1 heterocycles. The molecule has 6 nitrogen and oxygen atoms in total. The molecule has 2 rings (SSSR count). The summed E-state index contributed by atoms with van der Waals surface area (Å²) in [5.41, 5.74) is 1.73. The summed E-state index contributed by atoms with van der Waals surface area (Å²) >= 11 is 3.42. The number of nitrogens with zero attached hydrogens (tertiary/aromatic N) is 1. The van der Waals surface area contributed by atoms with Gasteiger partial charge in [-0.05, 0) is 44.4 Å². The van der Waals surface area contributed by atoms with Gasteiger partial charge >= 0.3 is 0 Å². The summed E-state index contributed by atoms with van der Waals surface area (Å²) in [4.78, 5) is 16.3. The number of aryl methyl sites for hydroxylation is 1. The molecule has 0 spiro atoms. The van der Waals surface area contributed by atoms with Gasteiger partial charge in [0.1, 0.15) is 0 Å². The van der Waals surface area contributed by atoms with Crippen LogP contribution in [-0.4, -0.2) is 44.2 Å². The number of aliphatic imine (C=N–C) groups is 1. The lowest BCUT2D eigenvalue weighted by Crippen LogP contribution is -2.46. The van der Waals surface area contributed by atoms with E-state index in [4.69, 9.17) is 4.74 Å². The molecule has 1 fully saturated rings. The van der Waals surface area contributed by atoms with Crippen LogP contribution >= 0.6 is 15.9 Å². The molecule has 0 aromatic heterocycles. The molecule has 25 heavy (non-hydrogen) atoms. The average Bonchev–Trinajstić information content (AvgIpc) is 3.01. The second-order valence-corrected chi connectivity index (χ2v) is 7.43. The average molecular weight is 411 g/mol. The van der Waals surface area contributed by atoms with Gasteiger partial charge in [-0.1, -0.05) is 22.0 Å². The quantitative estimate of drug-likeness (QED) is 0.497. The fraction of sp³-hybridized carbons (Fsp3) is 0.556. The lowest BCUT2D eigenvalue weighted by Gasteiger charge is -2.24. The number of nitrogens with one attached hydrogen (secondary N) is 3. The second kappa shape index (κ2) is 9.20. The van der Waals surface area contributed by atoms with Crippen LogP contribution in [0, 0.1) is 6.92 Å². The first-order chi connectivity index (χ1) is 11.9. The lowest BCUT2D eigenvalue weighted by molar-refractivity contribution is -0.116. The van der Waals surface area contributed by atoms with Gasteiger partial charge in [-0.3, -0.25) is 9.79 Å². The maximum atomic E-state index is 12.1. The van der Waals surface area contributed by atoms with Crippen molar-refractivity contribution in [1.82, 2.24) is 10.6 Å². The molecule has 1 aliphatic heterocycles. The normalized spacial score (nSPS) is 20.4. The fourth-order valence-electron chi connectivity index (χ4n) is 2.70. The van der Waals surface area contributed by atoms with Gasteiger partial charge < -0.3 is 20.7 Å². The predicted octanol–water partition coefficient (Wildman–Crippen LogP) is 2.82. The summed E-state index contributed by atoms with van der Waals surface area (Å²) in [6.45, 7) is 6.11. The zero-order valence-corrected chi connectivity index (χ0v) is 16.7. The molecule has 1 unspecified atom stereocenters. The Kier molecular flexibility index (Phi) is 7.25. The number of rotatable bonds is 6. The number of halogens is 1. The number of ether oxygens (including phenoxy) is 1. The summed E-state index contributed by atoms with van der Waals surface area (Å²) in [6.07, 6.45) is 2.51. The molecule has 1 amide bonds. The van der Waals surface area contributed by atoms with Crippen molar-refractivity contribution in [3.05, 3.63) is 28.2 Å². The van der Waals surface area contributed by atoms with E-state index in [9.17, 15) is 4.79 Å². The Hall–Kier alpha value is -1.60. The van der Waals surface area contributed by atoms with Gasteiger partial charge in [-0.2, -0.15) is 0 Å². The smallest absolute Gasteiger partial charge is 0.226 e. The summed E-state index contributed by atoms with van der Waals surface area (Å²) < 4.78 is 6.70. The largest absolute Gasteiger partial charge is 0.373 e. The maximum absolute atomic E-state index is 12.1. The Morgan fingerprint density at radius 2 is 2.20 bits per heavy atom. The monoisotopic (exact) mass is 410 g/mol. The minimum absolute atomic E-state index is 0.0322. The van der Waals surface area contributed by atoms with E-state index in [1.165, 1.54) is 0 Å². The summed E-state index contributed by atoms with van der Waals surface area (Å²) in [6, 6.07) is 5.83. The maximum Gasteiger partial charge on any atom is 0.226 e. The standard InChI is InChI=1S/C18H27BrN4O2/c1-13-5-6-14(19)11-15(13)23-16(24)7-9-21-17(20-3)22-12-18(2)8-4-10-25-18/h5-6,11H,4,7-10,12H2,1-3H3,(H,23,24)(H2,20,21,22). The highest BCUT2D eigenvalue weighted by molar-refractivity contribution is 9.10. The Balaban J connectivity index is 1.72. The molecule has 0 saturated carbocycles. The van der Waals surface area contributed by atoms with Crippen molar-refractivity contribution in [1.29, 1.82) is 0 Å². The Bertz CT molecular complexity index is 628. The van der Waals surface area contributed by atoms with Crippen LogP contribution in [0.3, 0.4) is 0 Å². The van der Waals surface area contributed by atoms with E-state index < -0.39 is 0 Å². The highest BCUT2D eigenvalue weighted by atomic mass is 79.9. The number of anilines is 1. The van der Waals surface area contributed by atoms with E-state index in [2.05, 4.69) is 43.8 Å². The number of hydrogen-bond donors (Lipinski definition) is 3. The third-order valence-corrected chi connectivity index (χ3v) is 4.77. The molecule has 0 aliphatic carbocycles. The minimum atomic E-state index is -0.132. The number of amides is 1. The van der Waals surface area contributed by atoms with Crippen LogP contribution in [0.1, 0.15) is 31.7 Å². The van der Waals surface area contributed by atoms with Gasteiger partial charge in [-0.15, -0.1) is 0 Å². The lowest BCUT2D eigenvalue weighted by atomic mass is 10.0. The molecule has 1 saturated heterocycles. The molecule has 1 aromatic rings. The first-order valence-corrected chi connectivity index (χ1v) is 9.36. The molecule has 1 atom stereocenters. The number of hydrogen-bond acceptors (Lipinski definition) is 3. The van der Waals surface area contributed by atoms with Crippen LogP contribution in [0.5, 0.6) is 0 Å². The van der Waals surface area contributed by atoms with Crippen LogP contribution < -0.4 is 16.0 Å². The topological polar surface area (TPSA) is 74.8 Å². The first-order valence-electron chi connectivity index (χ1n) is 8.56. The van der Waals surface area contributed by atoms with Gasteiger partial charge in [0, 0.05) is 43.3 Å². The fourth-order valence-corrected chi connectivity index (χ4v) is 3.06. The van der Waals surface area contributed by atoms with Crippen LogP contribution in [0.2, 0.25) is 0 Å². The van der Waals surface area contributed by atoms with Gasteiger partial charge in [-0.25, -0.2) is 0 Å². The van der Waals surface area contributed by atoms with Crippen molar-refractivity contribution in [3.63, 3.8) is 0 Å². The van der Waals surface area contributed by atoms with Crippen molar-refractivity contribution in [2.24, 2.45) is 4.99 Å². The van der Waals surface area contributed by atoms with Gasteiger partial charge in [0.2, 0.25) is 5.91 Å². The highest BCUT2D eigenvalue weighted by Crippen LogP contribution is 2.23. The van der Waals surface area contributed by atoms with Crippen molar-refractivity contribution in [2.75, 3.05) is 32.1 Å². The van der Waals surface area contributed by atoms with Crippen molar-refractivity contribution in [3.8, 4) is 0 Å². The Morgan fingerprint density at radius 1 is 1.40 bits per heavy atom. The van der Waals surface area contributed by atoms with Crippen LogP contribution in [0.4, 0.5) is 5.69 Å². The number of carbonyl (C=O) groups excluding carboxylic acids is 1. The van der Waals surface area contributed by atoms with E-state index in [0.29, 0.717) is 25.5 Å². The third-order valence-electron chi connectivity index (χ3n) is 4.27. The van der Waals surface area contributed by atoms with E-state index >= 15 is 0 Å². The molecule has 7 heteroatoms. The molecule has 3 N–H and O–H groups in total. The van der Waals surface area contributed by atoms with E-state index in [0.717, 1.165) is 35.2 Å². The SMILES string of the molecule is CN=C(NCCC(=O)Nc1cc(Br)ccc1C)NCC1(C)CCCO1. The second-order valence-electron chi connectivity index (χ2n) is 6.51. The molecular weight excluding hydrogens is 384 g/mol. The van der Waals surface area contributed by atoms with E-state index in [-0.39, 0.29) is 11.5 Å². The zero-order valence-electron chi connectivity index (χ0n) is 15.1. The predicted molar refractivity (Wildman–Crippen MR) is 105 cm³/mol. The third kappa shape index (κ3) is 6.32. The molecular formula is C18H27BrN4O2. The van der Waals surface area contributed by atoms with E-state index in [1.54, 1.807) is 7.05 Å². The molecule has 138 valence electrons. The van der Waals surface area contributed by atoms with Crippen molar-refractivity contribution < 1.29 is 9.53 Å². The number of benzene rings is 1. The minimum Gasteiger partial charge on any atom is -0.373 e. The van der Waals surface area contributed by atoms with Crippen LogP contribution in [-0.2, 0) is 9.53 Å². The first kappa shape index (κ1) is 19.7. The van der Waals surface area contributed by atoms with Gasteiger partial charge in [0.05, 0.1) is 5.60 Å². The van der Waals surface area contributed by atoms with E-state index in [1.807, 2.05) is 25.1 Å². The zero-order chi connectivity index (χ0) is 18.3. The number of carbonyl (C=O) groups is 1. The van der Waals surface area contributed by atoms with Crippen molar-refractivity contribution >= 4 is 33.5 Å². The summed E-state index contributed by atoms with van der Waals surface area (Å²) in [5.74, 6) is 0.651. The van der Waals surface area contributed by atoms with Crippen LogP contribution in [0.15, 0.2) is 27.7 Å². The van der Waals surface area contributed by atoms with Gasteiger partial charge in [0.15, 0.2) is 5.96 Å². The van der Waals surface area contributed by atoms with Crippen LogP contribution in [0.25, 0.3) is 0 Å².